The number of carbonyl (C=O) groups is 1. The molecule has 0 saturated heterocycles. The average molecular weight is 445 g/mol. The maximum absolute atomic E-state index is 13.4. The summed E-state index contributed by atoms with van der Waals surface area (Å²) in [5.74, 6) is -0.155. The Hall–Kier alpha value is -3.76. The summed E-state index contributed by atoms with van der Waals surface area (Å²) in [6, 6.07) is 5.99. The van der Waals surface area contributed by atoms with Gasteiger partial charge in [-0.15, -0.1) is 0 Å². The van der Waals surface area contributed by atoms with Crippen LogP contribution in [0.2, 0.25) is 0 Å². The Morgan fingerprint density at radius 2 is 2.09 bits per heavy atom. The second-order valence-electron chi connectivity index (χ2n) is 7.44. The summed E-state index contributed by atoms with van der Waals surface area (Å²) in [6.45, 7) is -2.89. The summed E-state index contributed by atoms with van der Waals surface area (Å²) in [5.41, 5.74) is 6.48. The summed E-state index contributed by atoms with van der Waals surface area (Å²) in [7, 11) is 1.27. The first-order chi connectivity index (χ1) is 15.3. The summed E-state index contributed by atoms with van der Waals surface area (Å²) in [6.07, 6.45) is 4.25. The van der Waals surface area contributed by atoms with Crippen LogP contribution in [0.3, 0.4) is 0 Å². The first kappa shape index (κ1) is 21.5. The molecular formula is C21H21F2N5O4. The van der Waals surface area contributed by atoms with Crippen molar-refractivity contribution in [1.29, 1.82) is 0 Å². The molecule has 9 nitrogen and oxygen atoms in total. The fraction of sp³-hybridized carbons (Fsp3) is 0.333. The van der Waals surface area contributed by atoms with Crippen molar-refractivity contribution in [2.24, 2.45) is 0 Å². The molecule has 32 heavy (non-hydrogen) atoms. The van der Waals surface area contributed by atoms with E-state index in [1.165, 1.54) is 13.3 Å². The molecule has 3 N–H and O–H groups in total. The largest absolute Gasteiger partial charge is 0.490 e. The number of H-pyrrole nitrogens is 1. The SMILES string of the molecule is COC(=O)c1ccc(OC2CCC2)c(Cc2cn(C(F)F)nc2-c2cc(=O)[nH]c(N)n2)c1. The van der Waals surface area contributed by atoms with Crippen LogP contribution in [0.5, 0.6) is 5.75 Å². The number of carbonyl (C=O) groups excluding carboxylic acids is 1. The summed E-state index contributed by atoms with van der Waals surface area (Å²) in [4.78, 5) is 30.2. The molecule has 0 unspecified atom stereocenters. The number of nitrogens with zero attached hydrogens (tertiary/aromatic N) is 3. The Labute approximate surface area is 181 Å². The number of hydrogen-bond acceptors (Lipinski definition) is 7. The summed E-state index contributed by atoms with van der Waals surface area (Å²) < 4.78 is 38.1. The lowest BCUT2D eigenvalue weighted by molar-refractivity contribution is 0.0566. The predicted octanol–water partition coefficient (Wildman–Crippen LogP) is 2.92. The van der Waals surface area contributed by atoms with Crippen LogP contribution in [0, 0.1) is 0 Å². The number of ether oxygens (including phenoxy) is 2. The zero-order valence-electron chi connectivity index (χ0n) is 17.2. The van der Waals surface area contributed by atoms with Gasteiger partial charge in [0, 0.05) is 24.2 Å². The number of benzene rings is 1. The van der Waals surface area contributed by atoms with E-state index in [4.69, 9.17) is 15.2 Å². The van der Waals surface area contributed by atoms with Crippen molar-refractivity contribution in [2.45, 2.75) is 38.3 Å². The molecule has 1 aliphatic rings. The van der Waals surface area contributed by atoms with E-state index in [1.54, 1.807) is 18.2 Å². The molecule has 1 fully saturated rings. The quantitative estimate of drug-likeness (QED) is 0.536. The molecule has 1 aliphatic carbocycles. The molecule has 0 radical (unpaired) electrons. The standard InChI is InChI=1S/C21H21F2N5O4/c1-31-19(30)11-5-6-16(32-14-3-2-4-14)12(7-11)8-13-10-28(20(22)23)27-18(13)15-9-17(29)26-21(24)25-15/h5-7,9-10,14,20H,2-4,8H2,1H3,(H3,24,25,26,29). The van der Waals surface area contributed by atoms with Gasteiger partial charge in [0.05, 0.1) is 18.8 Å². The number of aromatic amines is 1. The zero-order valence-corrected chi connectivity index (χ0v) is 17.2. The van der Waals surface area contributed by atoms with Crippen molar-refractivity contribution >= 4 is 11.9 Å². The van der Waals surface area contributed by atoms with Gasteiger partial charge in [0.25, 0.3) is 5.56 Å². The number of nitrogen functional groups attached to an aromatic ring is 1. The Balaban J connectivity index is 1.78. The molecule has 11 heteroatoms. The van der Waals surface area contributed by atoms with Crippen molar-refractivity contribution in [3.05, 3.63) is 57.5 Å². The van der Waals surface area contributed by atoms with Crippen LogP contribution < -0.4 is 16.0 Å². The minimum atomic E-state index is -2.89. The Morgan fingerprint density at radius 1 is 1.31 bits per heavy atom. The lowest BCUT2D eigenvalue weighted by atomic mass is 9.95. The predicted molar refractivity (Wildman–Crippen MR) is 111 cm³/mol. The van der Waals surface area contributed by atoms with Gasteiger partial charge in [0.1, 0.15) is 17.1 Å². The van der Waals surface area contributed by atoms with Gasteiger partial charge in [0.2, 0.25) is 5.95 Å². The van der Waals surface area contributed by atoms with Crippen molar-refractivity contribution < 1.29 is 23.0 Å². The highest BCUT2D eigenvalue weighted by atomic mass is 19.3. The number of hydrogen-bond donors (Lipinski definition) is 2. The first-order valence-electron chi connectivity index (χ1n) is 9.95. The van der Waals surface area contributed by atoms with Crippen molar-refractivity contribution in [3.8, 4) is 17.1 Å². The highest BCUT2D eigenvalue weighted by Crippen LogP contribution is 2.32. The van der Waals surface area contributed by atoms with Crippen molar-refractivity contribution in [1.82, 2.24) is 19.7 Å². The summed E-state index contributed by atoms with van der Waals surface area (Å²) in [5, 5.41) is 3.91. The Kier molecular flexibility index (Phi) is 5.89. The van der Waals surface area contributed by atoms with Crippen molar-refractivity contribution in [2.75, 3.05) is 12.8 Å². The number of alkyl halides is 2. The van der Waals surface area contributed by atoms with Crippen molar-refractivity contribution in [3.63, 3.8) is 0 Å². The van der Waals surface area contributed by atoms with Gasteiger partial charge in [-0.2, -0.15) is 13.9 Å². The van der Waals surface area contributed by atoms with Gasteiger partial charge in [-0.05, 0) is 43.0 Å². The Bertz CT molecular complexity index is 1200. The number of aromatic nitrogens is 4. The number of nitrogens with one attached hydrogen (secondary N) is 1. The highest BCUT2D eigenvalue weighted by molar-refractivity contribution is 5.89. The number of halogens is 2. The smallest absolute Gasteiger partial charge is 0.337 e. The van der Waals surface area contributed by atoms with Crippen LogP contribution >= 0.6 is 0 Å². The highest BCUT2D eigenvalue weighted by Gasteiger charge is 2.23. The van der Waals surface area contributed by atoms with E-state index in [0.29, 0.717) is 27.1 Å². The summed E-state index contributed by atoms with van der Waals surface area (Å²) >= 11 is 0. The van der Waals surface area contributed by atoms with Crippen LogP contribution in [0.25, 0.3) is 11.4 Å². The van der Waals surface area contributed by atoms with Crippen LogP contribution in [-0.2, 0) is 11.2 Å². The maximum atomic E-state index is 13.4. The zero-order chi connectivity index (χ0) is 22.8. The number of nitrogens with two attached hydrogens (primary N) is 1. The molecule has 0 atom stereocenters. The van der Waals surface area contributed by atoms with Gasteiger partial charge >= 0.3 is 12.5 Å². The molecule has 0 bridgehead atoms. The second kappa shape index (κ2) is 8.77. The third-order valence-corrected chi connectivity index (χ3v) is 5.22. The van der Waals surface area contributed by atoms with E-state index < -0.39 is 18.1 Å². The lowest BCUT2D eigenvalue weighted by Gasteiger charge is -2.27. The Morgan fingerprint density at radius 3 is 2.72 bits per heavy atom. The third-order valence-electron chi connectivity index (χ3n) is 5.22. The molecule has 1 aromatic carbocycles. The molecule has 3 aromatic rings. The molecule has 0 aliphatic heterocycles. The van der Waals surface area contributed by atoms with E-state index in [1.807, 2.05) is 0 Å². The fourth-order valence-electron chi connectivity index (χ4n) is 3.42. The number of rotatable bonds is 7. The minimum Gasteiger partial charge on any atom is -0.490 e. The van der Waals surface area contributed by atoms with E-state index in [9.17, 15) is 18.4 Å². The van der Waals surface area contributed by atoms with E-state index in [2.05, 4.69) is 15.1 Å². The number of anilines is 1. The van der Waals surface area contributed by atoms with Gasteiger partial charge in [-0.1, -0.05) is 0 Å². The molecule has 1 saturated carbocycles. The lowest BCUT2D eigenvalue weighted by Crippen LogP contribution is -2.25. The van der Waals surface area contributed by atoms with Gasteiger partial charge < -0.3 is 15.2 Å². The average Bonchev–Trinajstić information content (AvgIpc) is 3.14. The van der Waals surface area contributed by atoms with E-state index in [0.717, 1.165) is 25.3 Å². The van der Waals surface area contributed by atoms with Crippen LogP contribution in [-0.4, -0.2) is 38.9 Å². The van der Waals surface area contributed by atoms with E-state index >= 15 is 0 Å². The maximum Gasteiger partial charge on any atom is 0.337 e. The molecule has 0 spiro atoms. The topological polar surface area (TPSA) is 125 Å². The van der Waals surface area contributed by atoms with Crippen LogP contribution in [0.1, 0.15) is 47.3 Å². The fourth-order valence-corrected chi connectivity index (χ4v) is 3.42. The van der Waals surface area contributed by atoms with Gasteiger partial charge in [-0.25, -0.2) is 14.5 Å². The van der Waals surface area contributed by atoms with Crippen LogP contribution in [0.4, 0.5) is 14.7 Å². The minimum absolute atomic E-state index is 0.0613. The number of esters is 1. The molecule has 0 amide bonds. The monoisotopic (exact) mass is 445 g/mol. The van der Waals surface area contributed by atoms with E-state index in [-0.39, 0.29) is 29.9 Å². The van der Waals surface area contributed by atoms with Crippen LogP contribution in [0.15, 0.2) is 35.3 Å². The number of methoxy groups -OCH3 is 1. The third kappa shape index (κ3) is 4.46. The molecular weight excluding hydrogens is 424 g/mol. The molecule has 2 heterocycles. The molecule has 4 rings (SSSR count). The molecule has 168 valence electrons. The van der Waals surface area contributed by atoms with Gasteiger partial charge in [0.15, 0.2) is 0 Å². The van der Waals surface area contributed by atoms with Gasteiger partial charge in [-0.3, -0.25) is 9.78 Å². The second-order valence-corrected chi connectivity index (χ2v) is 7.44. The first-order valence-corrected chi connectivity index (χ1v) is 9.95. The molecule has 2 aromatic heterocycles. The normalized spacial score (nSPS) is 13.8.